The van der Waals surface area contributed by atoms with E-state index in [-0.39, 0.29) is 5.91 Å². The van der Waals surface area contributed by atoms with E-state index in [2.05, 4.69) is 28.4 Å². The van der Waals surface area contributed by atoms with Gasteiger partial charge in [-0.25, -0.2) is 0 Å². The molecule has 1 N–H and O–H groups in total. The summed E-state index contributed by atoms with van der Waals surface area (Å²) in [5.41, 5.74) is 1.78. The average molecular weight is 466 g/mol. The van der Waals surface area contributed by atoms with Gasteiger partial charge in [0.1, 0.15) is 17.6 Å². The fourth-order valence-electron chi connectivity index (χ4n) is 3.10. The van der Waals surface area contributed by atoms with E-state index in [1.807, 2.05) is 82.3 Å². The number of nitrogens with zero attached hydrogens (tertiary/aromatic N) is 2. The van der Waals surface area contributed by atoms with Gasteiger partial charge in [0.25, 0.3) is 5.91 Å². The highest BCUT2D eigenvalue weighted by Gasteiger charge is 2.26. The third-order valence-corrected chi connectivity index (χ3v) is 4.62. The molecule has 6 nitrogen and oxygen atoms in total. The van der Waals surface area contributed by atoms with E-state index in [9.17, 15) is 4.79 Å². The fourth-order valence-corrected chi connectivity index (χ4v) is 3.10. The molecule has 2 heterocycles. The average Bonchev–Trinajstić information content (AvgIpc) is 2.90. The molecule has 2 aromatic rings. The van der Waals surface area contributed by atoms with E-state index in [1.54, 1.807) is 12.3 Å². The summed E-state index contributed by atoms with van der Waals surface area (Å²) in [7, 11) is 0. The molecule has 1 atom stereocenters. The summed E-state index contributed by atoms with van der Waals surface area (Å²) in [5, 5.41) is 2.89. The molecule has 1 fully saturated rings. The van der Waals surface area contributed by atoms with E-state index >= 15 is 0 Å². The zero-order chi connectivity index (χ0) is 25.2. The molecule has 1 amide bonds. The van der Waals surface area contributed by atoms with Crippen molar-refractivity contribution in [2.75, 3.05) is 26.2 Å². The largest absolute Gasteiger partial charge is 0.458 e. The highest BCUT2D eigenvalue weighted by Crippen LogP contribution is 2.15. The Kier molecular flexibility index (Phi) is 14.6. The molecule has 0 radical (unpaired) electrons. The second-order valence-electron chi connectivity index (χ2n) is 6.94. The standard InChI is InChI=1S/C24H27N3O3.2C2H6/c1-3-20(15-19(2)30-22-10-5-4-6-11-22)17-27-13-14-29-23(18-27)24(28)26-16-21-9-7-8-12-25-21;2*1-2/h3-12,15,23H,1-2,13-14,16-18H2,(H,26,28);2*1-2H3/b20-15+;;. The predicted molar refractivity (Wildman–Crippen MR) is 139 cm³/mol. The molecule has 0 aliphatic carbocycles. The van der Waals surface area contributed by atoms with Gasteiger partial charge in [-0.3, -0.25) is 14.7 Å². The smallest absolute Gasteiger partial charge is 0.250 e. The molecule has 34 heavy (non-hydrogen) atoms. The number of para-hydroxylation sites is 1. The van der Waals surface area contributed by atoms with Gasteiger partial charge in [0.05, 0.1) is 18.8 Å². The highest BCUT2D eigenvalue weighted by atomic mass is 16.5. The van der Waals surface area contributed by atoms with Crippen molar-refractivity contribution in [3.8, 4) is 5.75 Å². The van der Waals surface area contributed by atoms with Crippen molar-refractivity contribution >= 4 is 5.91 Å². The van der Waals surface area contributed by atoms with Crippen LogP contribution >= 0.6 is 0 Å². The number of nitrogens with one attached hydrogen (secondary N) is 1. The Labute approximate surface area is 205 Å². The number of allylic oxidation sites excluding steroid dienone is 1. The van der Waals surface area contributed by atoms with E-state index in [1.165, 1.54) is 0 Å². The minimum atomic E-state index is -0.516. The Hall–Kier alpha value is -3.22. The lowest BCUT2D eigenvalue weighted by Gasteiger charge is -2.32. The SMILES string of the molecule is C=C/C(=C\C(=C)Oc1ccccc1)CN1CCOC(C(=O)NCc2ccccn2)C1.CC.CC. The molecular weight excluding hydrogens is 426 g/mol. The van der Waals surface area contributed by atoms with Gasteiger partial charge in [-0.05, 0) is 35.9 Å². The minimum Gasteiger partial charge on any atom is -0.458 e. The number of pyridine rings is 1. The maximum absolute atomic E-state index is 12.5. The lowest BCUT2D eigenvalue weighted by atomic mass is 10.1. The Balaban J connectivity index is 0.00000137. The van der Waals surface area contributed by atoms with Gasteiger partial charge >= 0.3 is 0 Å². The van der Waals surface area contributed by atoms with Crippen LogP contribution in [0.25, 0.3) is 0 Å². The number of amides is 1. The molecule has 184 valence electrons. The first-order chi connectivity index (χ1) is 16.6. The Morgan fingerprint density at radius 3 is 2.53 bits per heavy atom. The number of carbonyl (C=O) groups excluding carboxylic acids is 1. The van der Waals surface area contributed by atoms with Crippen molar-refractivity contribution in [3.05, 3.63) is 97.1 Å². The molecule has 0 saturated carbocycles. The molecule has 1 saturated heterocycles. The van der Waals surface area contributed by atoms with Crippen LogP contribution in [0.4, 0.5) is 0 Å². The molecule has 1 aromatic heterocycles. The second-order valence-corrected chi connectivity index (χ2v) is 6.94. The summed E-state index contributed by atoms with van der Waals surface area (Å²) < 4.78 is 11.4. The van der Waals surface area contributed by atoms with Gasteiger partial charge in [-0.15, -0.1) is 0 Å². The quantitative estimate of drug-likeness (QED) is 0.410. The molecular formula is C28H39N3O3. The van der Waals surface area contributed by atoms with Crippen LogP contribution in [0.1, 0.15) is 33.4 Å². The summed E-state index contributed by atoms with van der Waals surface area (Å²) in [5.74, 6) is 1.14. The van der Waals surface area contributed by atoms with Crippen LogP contribution in [0, 0.1) is 0 Å². The van der Waals surface area contributed by atoms with Crippen molar-refractivity contribution in [3.63, 3.8) is 0 Å². The van der Waals surface area contributed by atoms with Crippen LogP contribution in [0.5, 0.6) is 5.75 Å². The highest BCUT2D eigenvalue weighted by molar-refractivity contribution is 5.81. The maximum atomic E-state index is 12.5. The lowest BCUT2D eigenvalue weighted by Crippen LogP contribution is -2.50. The minimum absolute atomic E-state index is 0.133. The first-order valence-electron chi connectivity index (χ1n) is 11.9. The molecule has 0 spiro atoms. The number of ether oxygens (including phenoxy) is 2. The molecule has 1 unspecified atom stereocenters. The normalized spacial score (nSPS) is 15.5. The predicted octanol–water partition coefficient (Wildman–Crippen LogP) is 5.16. The first-order valence-corrected chi connectivity index (χ1v) is 11.9. The first kappa shape index (κ1) is 28.8. The Morgan fingerprint density at radius 1 is 1.18 bits per heavy atom. The monoisotopic (exact) mass is 465 g/mol. The zero-order valence-electron chi connectivity index (χ0n) is 21.0. The van der Waals surface area contributed by atoms with Gasteiger partial charge in [0.15, 0.2) is 0 Å². The summed E-state index contributed by atoms with van der Waals surface area (Å²) >= 11 is 0. The van der Waals surface area contributed by atoms with Crippen LogP contribution in [0.2, 0.25) is 0 Å². The van der Waals surface area contributed by atoms with Crippen LogP contribution in [0.3, 0.4) is 0 Å². The zero-order valence-corrected chi connectivity index (χ0v) is 21.0. The number of rotatable bonds is 9. The van der Waals surface area contributed by atoms with E-state index in [0.717, 1.165) is 23.6 Å². The van der Waals surface area contributed by atoms with Crippen LogP contribution < -0.4 is 10.1 Å². The molecule has 6 heteroatoms. The van der Waals surface area contributed by atoms with Crippen molar-refractivity contribution < 1.29 is 14.3 Å². The molecule has 1 aromatic carbocycles. The molecule has 1 aliphatic heterocycles. The number of carbonyl (C=O) groups is 1. The van der Waals surface area contributed by atoms with Crippen LogP contribution in [-0.2, 0) is 16.1 Å². The third-order valence-electron chi connectivity index (χ3n) is 4.62. The van der Waals surface area contributed by atoms with Crippen molar-refractivity contribution in [1.29, 1.82) is 0 Å². The second kappa shape index (κ2) is 17.3. The fraction of sp³-hybridized carbons (Fsp3) is 0.357. The number of aromatic nitrogens is 1. The summed E-state index contributed by atoms with van der Waals surface area (Å²) in [4.78, 5) is 18.9. The van der Waals surface area contributed by atoms with Gasteiger partial charge in [0.2, 0.25) is 0 Å². The topological polar surface area (TPSA) is 63.7 Å². The number of morpholine rings is 1. The summed E-state index contributed by atoms with van der Waals surface area (Å²) in [6, 6.07) is 15.1. The van der Waals surface area contributed by atoms with Crippen molar-refractivity contribution in [1.82, 2.24) is 15.2 Å². The Bertz CT molecular complexity index is 882. The molecule has 1 aliphatic rings. The lowest BCUT2D eigenvalue weighted by molar-refractivity contribution is -0.138. The number of hydrogen-bond donors (Lipinski definition) is 1. The Morgan fingerprint density at radius 2 is 1.88 bits per heavy atom. The van der Waals surface area contributed by atoms with Gasteiger partial charge in [0, 0.05) is 25.8 Å². The van der Waals surface area contributed by atoms with Gasteiger partial charge < -0.3 is 14.8 Å². The van der Waals surface area contributed by atoms with Crippen molar-refractivity contribution in [2.45, 2.75) is 40.3 Å². The van der Waals surface area contributed by atoms with E-state index < -0.39 is 6.10 Å². The molecule has 3 rings (SSSR count). The molecule has 0 bridgehead atoms. The van der Waals surface area contributed by atoms with Gasteiger partial charge in [-0.2, -0.15) is 0 Å². The number of benzene rings is 1. The van der Waals surface area contributed by atoms with E-state index in [4.69, 9.17) is 9.47 Å². The van der Waals surface area contributed by atoms with Crippen LogP contribution in [0.15, 0.2) is 91.4 Å². The van der Waals surface area contributed by atoms with Crippen molar-refractivity contribution in [2.24, 2.45) is 0 Å². The van der Waals surface area contributed by atoms with E-state index in [0.29, 0.717) is 32.0 Å². The number of hydrogen-bond acceptors (Lipinski definition) is 5. The summed E-state index contributed by atoms with van der Waals surface area (Å²) in [6.07, 6.45) is 4.84. The third kappa shape index (κ3) is 10.6. The maximum Gasteiger partial charge on any atom is 0.250 e. The van der Waals surface area contributed by atoms with Gasteiger partial charge in [-0.1, -0.05) is 71.2 Å². The van der Waals surface area contributed by atoms with Crippen LogP contribution in [-0.4, -0.2) is 48.1 Å². The summed E-state index contributed by atoms with van der Waals surface area (Å²) in [6.45, 7) is 18.6.